The van der Waals surface area contributed by atoms with E-state index in [1.54, 1.807) is 4.90 Å². The lowest BCUT2D eigenvalue weighted by Gasteiger charge is -2.18. The number of amides is 1. The predicted octanol–water partition coefficient (Wildman–Crippen LogP) is 0.943. The van der Waals surface area contributed by atoms with Crippen molar-refractivity contribution < 1.29 is 17.6 Å². The second-order valence-corrected chi connectivity index (χ2v) is 5.86. The number of sulfonamides is 1. The Kier molecular flexibility index (Phi) is 3.72. The van der Waals surface area contributed by atoms with Gasteiger partial charge in [0.1, 0.15) is 0 Å². The molecule has 0 aromatic carbocycles. The molecule has 1 aromatic heterocycles. The Bertz CT molecular complexity index is 527. The van der Waals surface area contributed by atoms with Gasteiger partial charge in [-0.25, -0.2) is 13.6 Å². The number of nitrogens with two attached hydrogens (primary N) is 1. The molecule has 0 bridgehead atoms. The van der Waals surface area contributed by atoms with Crippen molar-refractivity contribution in [2.45, 2.75) is 30.8 Å². The number of primary sulfonamides is 1. The summed E-state index contributed by atoms with van der Waals surface area (Å²) < 4.78 is 27.1. The first kappa shape index (κ1) is 13.1. The van der Waals surface area contributed by atoms with Gasteiger partial charge in [0.2, 0.25) is 5.09 Å². The Morgan fingerprint density at radius 1 is 1.17 bits per heavy atom. The van der Waals surface area contributed by atoms with Crippen LogP contribution < -0.4 is 5.14 Å². The van der Waals surface area contributed by atoms with Gasteiger partial charge in [0.05, 0.1) is 0 Å². The molecule has 2 rings (SSSR count). The second kappa shape index (κ2) is 5.11. The van der Waals surface area contributed by atoms with Crippen molar-refractivity contribution in [3.63, 3.8) is 0 Å². The molecule has 0 saturated carbocycles. The minimum absolute atomic E-state index is 0.0286. The molecule has 1 aliphatic rings. The van der Waals surface area contributed by atoms with Crippen molar-refractivity contribution in [1.82, 2.24) is 4.90 Å². The van der Waals surface area contributed by atoms with Crippen molar-refractivity contribution in [2.24, 2.45) is 5.14 Å². The highest BCUT2D eigenvalue weighted by molar-refractivity contribution is 7.89. The Hall–Kier alpha value is -1.34. The highest BCUT2D eigenvalue weighted by atomic mass is 32.2. The molecule has 2 N–H and O–H groups in total. The van der Waals surface area contributed by atoms with Gasteiger partial charge < -0.3 is 9.32 Å². The fourth-order valence-electron chi connectivity index (χ4n) is 2.02. The summed E-state index contributed by atoms with van der Waals surface area (Å²) in [7, 11) is -3.89. The third-order valence-corrected chi connectivity index (χ3v) is 3.75. The lowest BCUT2D eigenvalue weighted by molar-refractivity contribution is 0.0724. The highest BCUT2D eigenvalue weighted by Gasteiger charge is 2.22. The highest BCUT2D eigenvalue weighted by Crippen LogP contribution is 2.17. The number of likely N-dealkylation sites (tertiary alicyclic amines) is 1. The first-order valence-corrected chi connectivity index (χ1v) is 7.45. The maximum absolute atomic E-state index is 12.1. The molecule has 18 heavy (non-hydrogen) atoms. The second-order valence-electron chi connectivity index (χ2n) is 4.37. The lowest BCUT2D eigenvalue weighted by Crippen LogP contribution is -2.31. The normalized spacial score (nSPS) is 17.5. The van der Waals surface area contributed by atoms with Crippen LogP contribution in [0.15, 0.2) is 21.6 Å². The Morgan fingerprint density at radius 3 is 2.28 bits per heavy atom. The molecule has 1 amide bonds. The number of furan rings is 1. The molecule has 1 aromatic rings. The van der Waals surface area contributed by atoms with Crippen LogP contribution in [0.25, 0.3) is 0 Å². The van der Waals surface area contributed by atoms with Crippen LogP contribution in [0.4, 0.5) is 0 Å². The summed E-state index contributed by atoms with van der Waals surface area (Å²) >= 11 is 0. The van der Waals surface area contributed by atoms with Crippen molar-refractivity contribution in [3.8, 4) is 0 Å². The topological polar surface area (TPSA) is 93.6 Å². The van der Waals surface area contributed by atoms with Gasteiger partial charge in [-0.2, -0.15) is 0 Å². The largest absolute Gasteiger partial charge is 0.438 e. The minimum Gasteiger partial charge on any atom is -0.438 e. The number of rotatable bonds is 2. The number of nitrogens with zero attached hydrogens (tertiary/aromatic N) is 1. The standard InChI is InChI=1S/C11H16N2O4S/c12-18(15,16)10-6-5-9(17-10)11(14)13-7-3-1-2-4-8-13/h5-6H,1-4,7-8H2,(H2,12,15,16). The molecule has 2 heterocycles. The molecule has 0 radical (unpaired) electrons. The molecule has 6 nitrogen and oxygen atoms in total. The fourth-order valence-corrected chi connectivity index (χ4v) is 2.48. The maximum Gasteiger partial charge on any atom is 0.289 e. The average molecular weight is 272 g/mol. The summed E-state index contributed by atoms with van der Waals surface area (Å²) in [6.07, 6.45) is 4.16. The number of hydrogen-bond donors (Lipinski definition) is 1. The number of carbonyl (C=O) groups is 1. The smallest absolute Gasteiger partial charge is 0.289 e. The van der Waals surface area contributed by atoms with Gasteiger partial charge in [0.15, 0.2) is 5.76 Å². The van der Waals surface area contributed by atoms with Gasteiger partial charge in [-0.1, -0.05) is 12.8 Å². The van der Waals surface area contributed by atoms with Crippen LogP contribution in [-0.4, -0.2) is 32.3 Å². The van der Waals surface area contributed by atoms with Crippen molar-refractivity contribution in [3.05, 3.63) is 17.9 Å². The van der Waals surface area contributed by atoms with E-state index in [1.165, 1.54) is 12.1 Å². The molecular weight excluding hydrogens is 256 g/mol. The van der Waals surface area contributed by atoms with Crippen molar-refractivity contribution in [2.75, 3.05) is 13.1 Å². The Labute approximate surface area is 106 Å². The van der Waals surface area contributed by atoms with Crippen LogP contribution in [0, 0.1) is 0 Å². The Balaban J connectivity index is 2.15. The first-order valence-electron chi connectivity index (χ1n) is 5.90. The molecule has 100 valence electrons. The van der Waals surface area contributed by atoms with Crippen LogP contribution in [0.2, 0.25) is 0 Å². The zero-order valence-corrected chi connectivity index (χ0v) is 10.8. The lowest BCUT2D eigenvalue weighted by atomic mass is 10.2. The summed E-state index contributed by atoms with van der Waals surface area (Å²) in [6, 6.07) is 2.56. The SMILES string of the molecule is NS(=O)(=O)c1ccc(C(=O)N2CCCCCC2)o1. The minimum atomic E-state index is -3.89. The third kappa shape index (κ3) is 2.91. The predicted molar refractivity (Wildman–Crippen MR) is 64.5 cm³/mol. The molecule has 1 aliphatic heterocycles. The van der Waals surface area contributed by atoms with Crippen LogP contribution in [0.5, 0.6) is 0 Å². The summed E-state index contributed by atoms with van der Waals surface area (Å²) in [4.78, 5) is 13.8. The zero-order chi connectivity index (χ0) is 13.2. The van der Waals surface area contributed by atoms with E-state index in [0.29, 0.717) is 13.1 Å². The van der Waals surface area contributed by atoms with Gasteiger partial charge in [0.25, 0.3) is 15.9 Å². The molecule has 0 aliphatic carbocycles. The van der Waals surface area contributed by atoms with Gasteiger partial charge in [-0.15, -0.1) is 0 Å². The van der Waals surface area contributed by atoms with Gasteiger partial charge >= 0.3 is 0 Å². The molecule has 0 spiro atoms. The molecule has 1 saturated heterocycles. The number of hydrogen-bond acceptors (Lipinski definition) is 4. The fraction of sp³-hybridized carbons (Fsp3) is 0.545. The summed E-state index contributed by atoms with van der Waals surface area (Å²) in [5.74, 6) is -0.243. The van der Waals surface area contributed by atoms with E-state index >= 15 is 0 Å². The van der Waals surface area contributed by atoms with Crippen LogP contribution in [-0.2, 0) is 10.0 Å². The quantitative estimate of drug-likeness (QED) is 0.867. The van der Waals surface area contributed by atoms with Crippen LogP contribution in [0.3, 0.4) is 0 Å². The van der Waals surface area contributed by atoms with E-state index in [9.17, 15) is 13.2 Å². The monoisotopic (exact) mass is 272 g/mol. The molecule has 0 unspecified atom stereocenters. The average Bonchev–Trinajstić information content (AvgIpc) is 2.65. The molecule has 7 heteroatoms. The van der Waals surface area contributed by atoms with Crippen molar-refractivity contribution in [1.29, 1.82) is 0 Å². The van der Waals surface area contributed by atoms with E-state index < -0.39 is 10.0 Å². The van der Waals surface area contributed by atoms with E-state index in [4.69, 9.17) is 9.56 Å². The van der Waals surface area contributed by atoms with E-state index in [-0.39, 0.29) is 16.8 Å². The zero-order valence-electron chi connectivity index (χ0n) is 9.96. The van der Waals surface area contributed by atoms with Gasteiger partial charge in [-0.3, -0.25) is 4.79 Å². The third-order valence-electron chi connectivity index (χ3n) is 2.97. The van der Waals surface area contributed by atoms with Crippen LogP contribution >= 0.6 is 0 Å². The molecular formula is C11H16N2O4S. The Morgan fingerprint density at radius 2 is 1.78 bits per heavy atom. The van der Waals surface area contributed by atoms with Gasteiger partial charge in [0, 0.05) is 13.1 Å². The van der Waals surface area contributed by atoms with E-state index in [0.717, 1.165) is 25.7 Å². The molecule has 1 fully saturated rings. The van der Waals surface area contributed by atoms with E-state index in [1.807, 2.05) is 0 Å². The van der Waals surface area contributed by atoms with Crippen molar-refractivity contribution >= 4 is 15.9 Å². The maximum atomic E-state index is 12.1. The summed E-state index contributed by atoms with van der Waals surface area (Å²) in [5, 5.41) is 4.55. The first-order chi connectivity index (χ1) is 8.48. The van der Waals surface area contributed by atoms with Crippen LogP contribution in [0.1, 0.15) is 36.2 Å². The van der Waals surface area contributed by atoms with E-state index in [2.05, 4.69) is 0 Å². The molecule has 0 atom stereocenters. The summed E-state index contributed by atoms with van der Waals surface area (Å²) in [5.41, 5.74) is 0. The summed E-state index contributed by atoms with van der Waals surface area (Å²) in [6.45, 7) is 1.37. The van der Waals surface area contributed by atoms with Gasteiger partial charge in [-0.05, 0) is 25.0 Å². The number of carbonyl (C=O) groups excluding carboxylic acids is 1.